The molecule has 0 unspecified atom stereocenters. The summed E-state index contributed by atoms with van der Waals surface area (Å²) in [7, 11) is 3.38. The van der Waals surface area contributed by atoms with E-state index in [9.17, 15) is 4.79 Å². The van der Waals surface area contributed by atoms with Crippen molar-refractivity contribution in [1.82, 2.24) is 10.2 Å². The first-order valence-corrected chi connectivity index (χ1v) is 4.75. The largest absolute Gasteiger partial charge is 0.482 e. The number of hydrogen-bond donors (Lipinski definition) is 2. The van der Waals surface area contributed by atoms with Crippen LogP contribution in [-0.4, -0.2) is 30.1 Å². The summed E-state index contributed by atoms with van der Waals surface area (Å²) in [4.78, 5) is 12.9. The molecule has 84 valence electrons. The molecule has 2 aliphatic rings. The first-order valence-electron chi connectivity index (χ1n) is 4.75. The number of nitrogens with zero attached hydrogens (tertiary/aromatic N) is 1. The fraction of sp³-hybridized carbons (Fsp3) is 0.182. The Morgan fingerprint density at radius 1 is 1.50 bits per heavy atom. The van der Waals surface area contributed by atoms with Crippen molar-refractivity contribution in [3.63, 3.8) is 0 Å². The summed E-state index contributed by atoms with van der Waals surface area (Å²) in [5, 5.41) is 12.0. The van der Waals surface area contributed by atoms with Gasteiger partial charge in [0.25, 0.3) is 0 Å². The summed E-state index contributed by atoms with van der Waals surface area (Å²) in [6.45, 7) is 0. The number of methoxy groups -OCH3 is 1. The van der Waals surface area contributed by atoms with E-state index >= 15 is 0 Å². The highest BCUT2D eigenvalue weighted by atomic mass is 16.5. The SMILES string of the molecule is COC1=CC=C2C(=C(C(=O)O)C=CN2C)N1. The number of carboxylic acid groups (broad SMARTS) is 1. The topological polar surface area (TPSA) is 61.8 Å². The van der Waals surface area contributed by atoms with Gasteiger partial charge in [-0.2, -0.15) is 0 Å². The number of carbonyl (C=O) groups is 1. The summed E-state index contributed by atoms with van der Waals surface area (Å²) in [5.41, 5.74) is 1.59. The fourth-order valence-corrected chi connectivity index (χ4v) is 1.61. The van der Waals surface area contributed by atoms with E-state index in [1.54, 1.807) is 18.4 Å². The van der Waals surface area contributed by atoms with E-state index in [-0.39, 0.29) is 5.57 Å². The van der Waals surface area contributed by atoms with Crippen LogP contribution in [0.1, 0.15) is 0 Å². The second kappa shape index (κ2) is 3.77. The van der Waals surface area contributed by atoms with Crippen molar-refractivity contribution in [1.29, 1.82) is 0 Å². The third-order valence-electron chi connectivity index (χ3n) is 2.46. The van der Waals surface area contributed by atoms with Crippen LogP contribution in [0.5, 0.6) is 0 Å². The van der Waals surface area contributed by atoms with Crippen LogP contribution < -0.4 is 5.32 Å². The van der Waals surface area contributed by atoms with Crippen molar-refractivity contribution in [2.24, 2.45) is 0 Å². The number of ether oxygens (including phenoxy) is 1. The number of rotatable bonds is 2. The normalized spacial score (nSPS) is 18.5. The van der Waals surface area contributed by atoms with Crippen LogP contribution in [-0.2, 0) is 9.53 Å². The molecule has 0 fully saturated rings. The minimum Gasteiger partial charge on any atom is -0.482 e. The van der Waals surface area contributed by atoms with Crippen molar-refractivity contribution in [3.05, 3.63) is 47.3 Å². The molecule has 2 aliphatic heterocycles. The van der Waals surface area contributed by atoms with E-state index in [0.29, 0.717) is 11.6 Å². The fourth-order valence-electron chi connectivity index (χ4n) is 1.61. The minimum atomic E-state index is -0.963. The van der Waals surface area contributed by atoms with Gasteiger partial charge in [0.1, 0.15) is 0 Å². The average Bonchev–Trinajstić information content (AvgIpc) is 2.28. The van der Waals surface area contributed by atoms with Gasteiger partial charge in [-0.1, -0.05) is 0 Å². The minimum absolute atomic E-state index is 0.229. The number of aliphatic carboxylic acids is 1. The molecule has 0 radical (unpaired) electrons. The number of fused-ring (bicyclic) bond motifs is 1. The molecule has 0 aromatic rings. The maximum absolute atomic E-state index is 11.1. The van der Waals surface area contributed by atoms with Crippen molar-refractivity contribution < 1.29 is 14.6 Å². The number of allylic oxidation sites excluding steroid dienone is 2. The number of likely N-dealkylation sites (N-methyl/N-ethyl adjacent to an activating group) is 1. The van der Waals surface area contributed by atoms with Crippen LogP contribution >= 0.6 is 0 Å². The van der Waals surface area contributed by atoms with Gasteiger partial charge in [0.2, 0.25) is 0 Å². The molecule has 5 heteroatoms. The molecule has 0 saturated heterocycles. The van der Waals surface area contributed by atoms with Gasteiger partial charge in [0, 0.05) is 19.3 Å². The lowest BCUT2D eigenvalue weighted by molar-refractivity contribution is -0.132. The number of nitrogens with one attached hydrogen (secondary N) is 1. The lowest BCUT2D eigenvalue weighted by atomic mass is 10.1. The molecule has 0 amide bonds. The molecule has 16 heavy (non-hydrogen) atoms. The Balaban J connectivity index is 2.49. The van der Waals surface area contributed by atoms with Gasteiger partial charge in [-0.25, -0.2) is 4.79 Å². The van der Waals surface area contributed by atoms with Crippen LogP contribution in [0, 0.1) is 0 Å². The van der Waals surface area contributed by atoms with Crippen LogP contribution in [0.2, 0.25) is 0 Å². The quantitative estimate of drug-likeness (QED) is 0.719. The van der Waals surface area contributed by atoms with Crippen LogP contribution in [0.3, 0.4) is 0 Å². The standard InChI is InChI=1S/C11H12N2O3/c1-13-6-5-7(11(14)15)10-8(13)3-4-9(12-10)16-2/h3-6,12H,1-2H3,(H,14,15). The van der Waals surface area contributed by atoms with Gasteiger partial charge < -0.3 is 20.1 Å². The Morgan fingerprint density at radius 2 is 2.25 bits per heavy atom. The highest BCUT2D eigenvalue weighted by Gasteiger charge is 2.24. The summed E-state index contributed by atoms with van der Waals surface area (Å²) in [6, 6.07) is 0. The van der Waals surface area contributed by atoms with E-state index in [1.165, 1.54) is 7.11 Å². The molecular weight excluding hydrogens is 208 g/mol. The molecule has 0 saturated carbocycles. The number of carboxylic acids is 1. The number of dihydropyridines is 1. The summed E-state index contributed by atoms with van der Waals surface area (Å²) < 4.78 is 5.04. The number of hydrogen-bond acceptors (Lipinski definition) is 4. The van der Waals surface area contributed by atoms with Crippen molar-refractivity contribution in [2.45, 2.75) is 0 Å². The molecule has 0 aromatic carbocycles. The Labute approximate surface area is 93.0 Å². The van der Waals surface area contributed by atoms with Gasteiger partial charge >= 0.3 is 5.97 Å². The molecule has 0 aromatic heterocycles. The molecule has 2 heterocycles. The summed E-state index contributed by atoms with van der Waals surface area (Å²) in [6.07, 6.45) is 6.85. The zero-order valence-electron chi connectivity index (χ0n) is 9.02. The van der Waals surface area contributed by atoms with Gasteiger partial charge in [0.15, 0.2) is 5.88 Å². The van der Waals surface area contributed by atoms with E-state index in [1.807, 2.05) is 18.0 Å². The molecule has 5 nitrogen and oxygen atoms in total. The zero-order valence-corrected chi connectivity index (χ0v) is 9.02. The van der Waals surface area contributed by atoms with Crippen LogP contribution in [0.15, 0.2) is 47.3 Å². The van der Waals surface area contributed by atoms with E-state index < -0.39 is 5.97 Å². The molecular formula is C11H12N2O3. The zero-order chi connectivity index (χ0) is 11.7. The maximum Gasteiger partial charge on any atom is 0.337 e. The Kier molecular flexibility index (Phi) is 2.44. The third kappa shape index (κ3) is 1.56. The molecule has 0 spiro atoms. The van der Waals surface area contributed by atoms with Crippen molar-refractivity contribution in [2.75, 3.05) is 14.2 Å². The molecule has 0 bridgehead atoms. The smallest absolute Gasteiger partial charge is 0.337 e. The van der Waals surface area contributed by atoms with Crippen molar-refractivity contribution >= 4 is 5.97 Å². The molecule has 0 aliphatic carbocycles. The highest BCUT2D eigenvalue weighted by Crippen LogP contribution is 2.26. The van der Waals surface area contributed by atoms with E-state index in [2.05, 4.69) is 5.32 Å². The Hall–Kier alpha value is -2.17. The van der Waals surface area contributed by atoms with Gasteiger partial charge in [0.05, 0.1) is 24.1 Å². The molecule has 0 atom stereocenters. The predicted octanol–water partition coefficient (Wildman–Crippen LogP) is 0.759. The lowest BCUT2D eigenvalue weighted by Crippen LogP contribution is -2.30. The predicted molar refractivity (Wildman–Crippen MR) is 57.9 cm³/mol. The molecule has 2 rings (SSSR count). The van der Waals surface area contributed by atoms with Crippen molar-refractivity contribution in [3.8, 4) is 0 Å². The van der Waals surface area contributed by atoms with Gasteiger partial charge in [-0.15, -0.1) is 0 Å². The average molecular weight is 220 g/mol. The Morgan fingerprint density at radius 3 is 2.88 bits per heavy atom. The molecule has 2 N–H and O–H groups in total. The Bertz CT molecular complexity index is 458. The summed E-state index contributed by atoms with van der Waals surface area (Å²) in [5.74, 6) is -0.434. The maximum atomic E-state index is 11.1. The first-order chi connectivity index (χ1) is 7.63. The van der Waals surface area contributed by atoms with Gasteiger partial charge in [-0.3, -0.25) is 0 Å². The summed E-state index contributed by atoms with van der Waals surface area (Å²) >= 11 is 0. The lowest BCUT2D eigenvalue weighted by Gasteiger charge is -2.29. The third-order valence-corrected chi connectivity index (χ3v) is 2.46. The van der Waals surface area contributed by atoms with Crippen LogP contribution in [0.25, 0.3) is 0 Å². The first kappa shape index (κ1) is 10.4. The monoisotopic (exact) mass is 220 g/mol. The second-order valence-corrected chi connectivity index (χ2v) is 3.43. The highest BCUT2D eigenvalue weighted by molar-refractivity contribution is 5.92. The van der Waals surface area contributed by atoms with E-state index in [0.717, 1.165) is 5.70 Å². The van der Waals surface area contributed by atoms with Crippen LogP contribution in [0.4, 0.5) is 0 Å². The van der Waals surface area contributed by atoms with Gasteiger partial charge in [-0.05, 0) is 12.2 Å². The van der Waals surface area contributed by atoms with E-state index in [4.69, 9.17) is 9.84 Å². The second-order valence-electron chi connectivity index (χ2n) is 3.43.